The number of carbonyl (C=O) groups is 1. The quantitative estimate of drug-likeness (QED) is 0.670. The average Bonchev–Trinajstić information content (AvgIpc) is 2.26. The van der Waals surface area contributed by atoms with Crippen molar-refractivity contribution in [2.75, 3.05) is 0 Å². The summed E-state index contributed by atoms with van der Waals surface area (Å²) in [7, 11) is 0. The van der Waals surface area contributed by atoms with Gasteiger partial charge in [-0.3, -0.25) is 4.79 Å². The van der Waals surface area contributed by atoms with E-state index >= 15 is 0 Å². The van der Waals surface area contributed by atoms with Gasteiger partial charge in [-0.25, -0.2) is 4.39 Å². The molecule has 0 spiro atoms. The summed E-state index contributed by atoms with van der Waals surface area (Å²) in [6.45, 7) is 3.83. The molecule has 2 heteroatoms. The first-order valence-corrected chi connectivity index (χ1v) is 5.87. The van der Waals surface area contributed by atoms with Gasteiger partial charge >= 0.3 is 0 Å². The van der Waals surface area contributed by atoms with Crippen LogP contribution in [-0.2, 0) is 11.2 Å². The lowest BCUT2D eigenvalue weighted by atomic mass is 10.0. The summed E-state index contributed by atoms with van der Waals surface area (Å²) in [6.07, 6.45) is 3.06. The van der Waals surface area contributed by atoms with Crippen molar-refractivity contribution in [3.05, 3.63) is 35.6 Å². The summed E-state index contributed by atoms with van der Waals surface area (Å²) in [4.78, 5) is 11.3. The zero-order valence-electron chi connectivity index (χ0n) is 10.0. The van der Waals surface area contributed by atoms with Crippen LogP contribution < -0.4 is 0 Å². The maximum atomic E-state index is 13.2. The first kappa shape index (κ1) is 12.9. The molecule has 0 aromatic heterocycles. The molecule has 0 bridgehead atoms. The van der Waals surface area contributed by atoms with E-state index in [9.17, 15) is 9.18 Å². The third-order valence-electron chi connectivity index (χ3n) is 2.72. The van der Waals surface area contributed by atoms with Crippen LogP contribution in [0.2, 0.25) is 0 Å². The molecule has 0 aliphatic rings. The van der Waals surface area contributed by atoms with Crippen LogP contribution in [0.15, 0.2) is 24.3 Å². The Bertz CT molecular complexity index is 344. The fraction of sp³-hybridized carbons (Fsp3) is 0.500. The number of carbonyl (C=O) groups excluding carboxylic acids is 1. The average molecular weight is 222 g/mol. The van der Waals surface area contributed by atoms with Crippen molar-refractivity contribution in [2.45, 2.75) is 39.5 Å². The number of hydrogen-bond donors (Lipinski definition) is 0. The molecule has 0 aliphatic heterocycles. The lowest BCUT2D eigenvalue weighted by Gasteiger charge is -2.04. The highest BCUT2D eigenvalue weighted by molar-refractivity contribution is 5.80. The van der Waals surface area contributed by atoms with Gasteiger partial charge < -0.3 is 0 Å². The molecule has 1 aromatic carbocycles. The highest BCUT2D eigenvalue weighted by atomic mass is 19.1. The zero-order chi connectivity index (χ0) is 12.0. The Hall–Kier alpha value is -1.18. The van der Waals surface area contributed by atoms with E-state index in [4.69, 9.17) is 0 Å². The lowest BCUT2D eigenvalue weighted by molar-refractivity contribution is -0.122. The van der Waals surface area contributed by atoms with E-state index in [-0.39, 0.29) is 11.7 Å². The smallest absolute Gasteiger partial charge is 0.135 e. The molecule has 0 radical (unpaired) electrons. The van der Waals surface area contributed by atoms with Crippen LogP contribution in [0.5, 0.6) is 0 Å². The van der Waals surface area contributed by atoms with E-state index < -0.39 is 0 Å². The maximum absolute atomic E-state index is 13.2. The molecule has 0 fully saturated rings. The SMILES string of the molecule is CC(C)C(=O)CCCCc1ccccc1F. The summed E-state index contributed by atoms with van der Waals surface area (Å²) < 4.78 is 13.2. The molecule has 0 saturated carbocycles. The second kappa shape index (κ2) is 6.41. The van der Waals surface area contributed by atoms with E-state index in [0.29, 0.717) is 12.2 Å². The molecule has 0 amide bonds. The molecule has 0 saturated heterocycles. The van der Waals surface area contributed by atoms with Gasteiger partial charge in [0.2, 0.25) is 0 Å². The fourth-order valence-corrected chi connectivity index (χ4v) is 1.60. The van der Waals surface area contributed by atoms with Crippen molar-refractivity contribution >= 4 is 5.78 Å². The molecule has 1 aromatic rings. The normalized spacial score (nSPS) is 10.8. The molecular weight excluding hydrogens is 203 g/mol. The zero-order valence-corrected chi connectivity index (χ0v) is 10.0. The van der Waals surface area contributed by atoms with Gasteiger partial charge in [0.15, 0.2) is 0 Å². The largest absolute Gasteiger partial charge is 0.299 e. The summed E-state index contributed by atoms with van der Waals surface area (Å²) in [6, 6.07) is 6.83. The molecule has 0 unspecified atom stereocenters. The molecule has 1 nitrogen and oxygen atoms in total. The van der Waals surface area contributed by atoms with Crippen molar-refractivity contribution in [3.63, 3.8) is 0 Å². The lowest BCUT2D eigenvalue weighted by Crippen LogP contribution is -2.06. The van der Waals surface area contributed by atoms with Crippen LogP contribution >= 0.6 is 0 Å². The van der Waals surface area contributed by atoms with Gasteiger partial charge in [0.25, 0.3) is 0 Å². The molecule has 0 atom stereocenters. The topological polar surface area (TPSA) is 17.1 Å². The predicted octanol–water partition coefficient (Wildman–Crippen LogP) is 3.76. The van der Waals surface area contributed by atoms with Crippen LogP contribution in [-0.4, -0.2) is 5.78 Å². The summed E-state index contributed by atoms with van der Waals surface area (Å²) >= 11 is 0. The number of benzene rings is 1. The maximum Gasteiger partial charge on any atom is 0.135 e. The molecule has 0 heterocycles. The number of halogens is 1. The Labute approximate surface area is 96.7 Å². The van der Waals surface area contributed by atoms with Crippen molar-refractivity contribution in [2.24, 2.45) is 5.92 Å². The van der Waals surface area contributed by atoms with Crippen molar-refractivity contribution in [1.82, 2.24) is 0 Å². The summed E-state index contributed by atoms with van der Waals surface area (Å²) in [5.41, 5.74) is 0.750. The number of unbranched alkanes of at least 4 members (excludes halogenated alkanes) is 1. The van der Waals surface area contributed by atoms with Crippen LogP contribution in [0.1, 0.15) is 38.7 Å². The number of ketones is 1. The monoisotopic (exact) mass is 222 g/mol. The Morgan fingerprint density at radius 3 is 2.56 bits per heavy atom. The van der Waals surface area contributed by atoms with Gasteiger partial charge in [-0.1, -0.05) is 32.0 Å². The first-order chi connectivity index (χ1) is 7.61. The van der Waals surface area contributed by atoms with Gasteiger partial charge in [-0.2, -0.15) is 0 Å². The van der Waals surface area contributed by atoms with Crippen molar-refractivity contribution < 1.29 is 9.18 Å². The fourth-order valence-electron chi connectivity index (χ4n) is 1.60. The first-order valence-electron chi connectivity index (χ1n) is 5.87. The van der Waals surface area contributed by atoms with E-state index in [1.807, 2.05) is 19.9 Å². The minimum atomic E-state index is -0.141. The highest BCUT2D eigenvalue weighted by Crippen LogP contribution is 2.12. The van der Waals surface area contributed by atoms with Gasteiger partial charge in [-0.15, -0.1) is 0 Å². The molecule has 0 aliphatic carbocycles. The predicted molar refractivity (Wildman–Crippen MR) is 63.8 cm³/mol. The van der Waals surface area contributed by atoms with Crippen LogP contribution in [0.25, 0.3) is 0 Å². The Kier molecular flexibility index (Phi) is 5.17. The molecule has 88 valence electrons. The highest BCUT2D eigenvalue weighted by Gasteiger charge is 2.06. The van der Waals surface area contributed by atoms with Crippen molar-refractivity contribution in [1.29, 1.82) is 0 Å². The molecule has 1 rings (SSSR count). The van der Waals surface area contributed by atoms with Gasteiger partial charge in [0.05, 0.1) is 0 Å². The van der Waals surface area contributed by atoms with Gasteiger partial charge in [0.1, 0.15) is 11.6 Å². The number of Topliss-reactive ketones (excluding diaryl/α,β-unsaturated/α-hetero) is 1. The Balaban J connectivity index is 2.26. The van der Waals surface area contributed by atoms with Crippen LogP contribution in [0.4, 0.5) is 4.39 Å². The number of rotatable bonds is 6. The van der Waals surface area contributed by atoms with E-state index in [0.717, 1.165) is 24.8 Å². The van der Waals surface area contributed by atoms with E-state index in [2.05, 4.69) is 0 Å². The molecular formula is C14H19FO. The number of hydrogen-bond acceptors (Lipinski definition) is 1. The summed E-state index contributed by atoms with van der Waals surface area (Å²) in [5.74, 6) is 0.277. The van der Waals surface area contributed by atoms with Crippen molar-refractivity contribution in [3.8, 4) is 0 Å². The Morgan fingerprint density at radius 2 is 1.94 bits per heavy atom. The minimum Gasteiger partial charge on any atom is -0.299 e. The van der Waals surface area contributed by atoms with Crippen LogP contribution in [0.3, 0.4) is 0 Å². The van der Waals surface area contributed by atoms with E-state index in [1.54, 1.807) is 12.1 Å². The minimum absolute atomic E-state index is 0.119. The number of aryl methyl sites for hydroxylation is 1. The molecule has 16 heavy (non-hydrogen) atoms. The third-order valence-corrected chi connectivity index (χ3v) is 2.72. The Morgan fingerprint density at radius 1 is 1.25 bits per heavy atom. The van der Waals surface area contributed by atoms with Crippen LogP contribution in [0, 0.1) is 11.7 Å². The molecule has 0 N–H and O–H groups in total. The van der Waals surface area contributed by atoms with E-state index in [1.165, 1.54) is 6.07 Å². The van der Waals surface area contributed by atoms with Gasteiger partial charge in [-0.05, 0) is 30.9 Å². The third kappa shape index (κ3) is 4.13. The second-order valence-corrected chi connectivity index (χ2v) is 4.42. The van der Waals surface area contributed by atoms with Gasteiger partial charge in [0, 0.05) is 12.3 Å². The second-order valence-electron chi connectivity index (χ2n) is 4.42. The standard InChI is InChI=1S/C14H19FO/c1-11(2)14(16)10-6-4-8-12-7-3-5-9-13(12)15/h3,5,7,9,11H,4,6,8,10H2,1-2H3. The summed E-state index contributed by atoms with van der Waals surface area (Å²) in [5, 5.41) is 0.